The van der Waals surface area contributed by atoms with Crippen LogP contribution < -0.4 is 5.32 Å². The van der Waals surface area contributed by atoms with E-state index >= 15 is 0 Å². The number of hydrogen-bond donors (Lipinski definition) is 1. The van der Waals surface area contributed by atoms with E-state index in [9.17, 15) is 0 Å². The Bertz CT molecular complexity index is 482. The summed E-state index contributed by atoms with van der Waals surface area (Å²) in [5, 5.41) is 3.45. The maximum atomic E-state index is 5.43. The van der Waals surface area contributed by atoms with Gasteiger partial charge < -0.3 is 9.73 Å². The van der Waals surface area contributed by atoms with Crippen molar-refractivity contribution in [3.8, 4) is 0 Å². The fraction of sp³-hybridized carbons (Fsp3) is 0.308. The smallest absolute Gasteiger partial charge is 0.125 e. The van der Waals surface area contributed by atoms with Crippen LogP contribution in [0.25, 0.3) is 0 Å². The molecule has 0 spiro atoms. The zero-order valence-corrected chi connectivity index (χ0v) is 11.5. The third-order valence-corrected chi connectivity index (χ3v) is 3.12. The Morgan fingerprint density at radius 2 is 2.24 bits per heavy atom. The average Bonchev–Trinajstić information content (AvgIpc) is 2.81. The summed E-state index contributed by atoms with van der Waals surface area (Å²) in [6, 6.07) is 8.05. The van der Waals surface area contributed by atoms with Gasteiger partial charge in [0.15, 0.2) is 0 Å². The SMILES string of the molecule is CCC(Nc1ccc(Br)nc1C)c1ccco1. The predicted octanol–water partition coefficient (Wildman–Crippen LogP) is 4.31. The highest BCUT2D eigenvalue weighted by Crippen LogP contribution is 2.25. The van der Waals surface area contributed by atoms with Crippen LogP contribution in [0.1, 0.15) is 30.8 Å². The number of furan rings is 1. The molecule has 0 aliphatic carbocycles. The van der Waals surface area contributed by atoms with Crippen molar-refractivity contribution < 1.29 is 4.42 Å². The van der Waals surface area contributed by atoms with Crippen molar-refractivity contribution in [3.63, 3.8) is 0 Å². The lowest BCUT2D eigenvalue weighted by Gasteiger charge is -2.17. The highest BCUT2D eigenvalue weighted by atomic mass is 79.9. The fourth-order valence-corrected chi connectivity index (χ4v) is 2.13. The van der Waals surface area contributed by atoms with E-state index in [4.69, 9.17) is 4.42 Å². The minimum Gasteiger partial charge on any atom is -0.467 e. The van der Waals surface area contributed by atoms with Crippen molar-refractivity contribution in [1.82, 2.24) is 4.98 Å². The second-order valence-electron chi connectivity index (χ2n) is 3.89. The topological polar surface area (TPSA) is 38.1 Å². The molecular formula is C13H15BrN2O. The first-order valence-electron chi connectivity index (χ1n) is 5.63. The molecule has 2 rings (SSSR count). The second-order valence-corrected chi connectivity index (χ2v) is 4.70. The van der Waals surface area contributed by atoms with Gasteiger partial charge in [0.05, 0.1) is 23.7 Å². The quantitative estimate of drug-likeness (QED) is 0.854. The van der Waals surface area contributed by atoms with Gasteiger partial charge >= 0.3 is 0 Å². The van der Waals surface area contributed by atoms with Crippen molar-refractivity contribution in [3.05, 3.63) is 46.6 Å². The molecule has 4 heteroatoms. The first-order valence-corrected chi connectivity index (χ1v) is 6.43. The predicted molar refractivity (Wildman–Crippen MR) is 72.0 cm³/mol. The van der Waals surface area contributed by atoms with E-state index in [1.54, 1.807) is 6.26 Å². The average molecular weight is 295 g/mol. The molecule has 3 nitrogen and oxygen atoms in total. The summed E-state index contributed by atoms with van der Waals surface area (Å²) in [5.41, 5.74) is 2.01. The molecule has 0 aliphatic rings. The van der Waals surface area contributed by atoms with Gasteiger partial charge in [-0.1, -0.05) is 6.92 Å². The third-order valence-electron chi connectivity index (χ3n) is 2.68. The largest absolute Gasteiger partial charge is 0.467 e. The Hall–Kier alpha value is -1.29. The normalized spacial score (nSPS) is 12.4. The summed E-state index contributed by atoms with van der Waals surface area (Å²) in [6.07, 6.45) is 2.66. The van der Waals surface area contributed by atoms with Crippen molar-refractivity contribution in [2.45, 2.75) is 26.3 Å². The van der Waals surface area contributed by atoms with Crippen LogP contribution in [0.4, 0.5) is 5.69 Å². The van der Waals surface area contributed by atoms with Gasteiger partial charge in [0.1, 0.15) is 10.4 Å². The summed E-state index contributed by atoms with van der Waals surface area (Å²) in [5.74, 6) is 0.954. The molecule has 0 fully saturated rings. The van der Waals surface area contributed by atoms with Crippen LogP contribution in [-0.2, 0) is 0 Å². The molecule has 0 saturated heterocycles. The molecular weight excluding hydrogens is 280 g/mol. The first kappa shape index (κ1) is 12.2. The zero-order chi connectivity index (χ0) is 12.3. The van der Waals surface area contributed by atoms with Crippen molar-refractivity contribution >= 4 is 21.6 Å². The number of rotatable bonds is 4. The standard InChI is InChI=1S/C13H15BrN2O/c1-3-10(12-5-4-8-17-12)16-11-6-7-13(14)15-9(11)2/h4-8,10,16H,3H2,1-2H3. The van der Waals surface area contributed by atoms with Crippen LogP contribution in [0.5, 0.6) is 0 Å². The summed E-state index contributed by atoms with van der Waals surface area (Å²) < 4.78 is 6.28. The molecule has 0 bridgehead atoms. The van der Waals surface area contributed by atoms with Crippen LogP contribution in [0, 0.1) is 6.92 Å². The maximum Gasteiger partial charge on any atom is 0.125 e. The number of aryl methyl sites for hydroxylation is 1. The second kappa shape index (κ2) is 5.36. The van der Waals surface area contributed by atoms with E-state index in [0.717, 1.165) is 28.2 Å². The summed E-state index contributed by atoms with van der Waals surface area (Å²) in [4.78, 5) is 4.37. The van der Waals surface area contributed by atoms with Gasteiger partial charge in [0.2, 0.25) is 0 Å². The lowest BCUT2D eigenvalue weighted by atomic mass is 10.1. The van der Waals surface area contributed by atoms with E-state index in [2.05, 4.69) is 33.2 Å². The molecule has 0 saturated carbocycles. The Kier molecular flexibility index (Phi) is 3.84. The van der Waals surface area contributed by atoms with E-state index in [-0.39, 0.29) is 6.04 Å². The van der Waals surface area contributed by atoms with Gasteiger partial charge in [-0.3, -0.25) is 0 Å². The Balaban J connectivity index is 2.19. The minimum atomic E-state index is 0.187. The fourth-order valence-electron chi connectivity index (χ4n) is 1.73. The molecule has 0 aliphatic heterocycles. The molecule has 17 heavy (non-hydrogen) atoms. The highest BCUT2D eigenvalue weighted by molar-refractivity contribution is 9.10. The monoisotopic (exact) mass is 294 g/mol. The molecule has 1 N–H and O–H groups in total. The minimum absolute atomic E-state index is 0.187. The number of nitrogens with one attached hydrogen (secondary N) is 1. The summed E-state index contributed by atoms with van der Waals surface area (Å²) in [7, 11) is 0. The molecule has 90 valence electrons. The number of aromatic nitrogens is 1. The van der Waals surface area contributed by atoms with Gasteiger partial charge in [0, 0.05) is 0 Å². The van der Waals surface area contributed by atoms with E-state index in [0.29, 0.717) is 0 Å². The molecule has 2 aromatic rings. The van der Waals surface area contributed by atoms with Gasteiger partial charge in [0.25, 0.3) is 0 Å². The highest BCUT2D eigenvalue weighted by Gasteiger charge is 2.13. The van der Waals surface area contributed by atoms with Gasteiger partial charge in [-0.25, -0.2) is 4.98 Å². The summed E-state index contributed by atoms with van der Waals surface area (Å²) in [6.45, 7) is 4.11. The van der Waals surface area contributed by atoms with Gasteiger partial charge in [-0.2, -0.15) is 0 Å². The first-order chi connectivity index (χ1) is 8.20. The summed E-state index contributed by atoms with van der Waals surface area (Å²) >= 11 is 3.36. The van der Waals surface area contributed by atoms with Crippen molar-refractivity contribution in [1.29, 1.82) is 0 Å². The van der Waals surface area contributed by atoms with Crippen molar-refractivity contribution in [2.24, 2.45) is 0 Å². The van der Waals surface area contributed by atoms with E-state index in [1.807, 2.05) is 31.2 Å². The molecule has 0 aromatic carbocycles. The number of hydrogen-bond acceptors (Lipinski definition) is 3. The maximum absolute atomic E-state index is 5.43. The number of nitrogens with zero attached hydrogens (tertiary/aromatic N) is 1. The van der Waals surface area contributed by atoms with Crippen LogP contribution in [-0.4, -0.2) is 4.98 Å². The number of pyridine rings is 1. The molecule has 0 amide bonds. The molecule has 1 atom stereocenters. The zero-order valence-electron chi connectivity index (χ0n) is 9.90. The van der Waals surface area contributed by atoms with E-state index in [1.165, 1.54) is 0 Å². The molecule has 1 unspecified atom stereocenters. The number of anilines is 1. The molecule has 2 heterocycles. The third kappa shape index (κ3) is 2.88. The molecule has 0 radical (unpaired) electrons. The lowest BCUT2D eigenvalue weighted by Crippen LogP contribution is -2.10. The van der Waals surface area contributed by atoms with Crippen molar-refractivity contribution in [2.75, 3.05) is 5.32 Å². The van der Waals surface area contributed by atoms with E-state index < -0.39 is 0 Å². The number of halogens is 1. The Labute approximate surface area is 109 Å². The lowest BCUT2D eigenvalue weighted by molar-refractivity contribution is 0.473. The Morgan fingerprint density at radius 1 is 1.41 bits per heavy atom. The van der Waals surface area contributed by atoms with Crippen LogP contribution >= 0.6 is 15.9 Å². The van der Waals surface area contributed by atoms with Gasteiger partial charge in [-0.05, 0) is 53.5 Å². The van der Waals surface area contributed by atoms with Crippen LogP contribution in [0.15, 0.2) is 39.5 Å². The Morgan fingerprint density at radius 3 is 2.82 bits per heavy atom. The van der Waals surface area contributed by atoms with Crippen LogP contribution in [0.2, 0.25) is 0 Å². The van der Waals surface area contributed by atoms with Gasteiger partial charge in [-0.15, -0.1) is 0 Å². The van der Waals surface area contributed by atoms with Crippen LogP contribution in [0.3, 0.4) is 0 Å². The molecule has 2 aromatic heterocycles.